The minimum atomic E-state index is -0.234. The molecule has 0 amide bonds. The number of aromatic nitrogens is 2. The number of rotatable bonds is 4. The van der Waals surface area contributed by atoms with Gasteiger partial charge in [-0.15, -0.1) is 0 Å². The van der Waals surface area contributed by atoms with Crippen LogP contribution in [0.3, 0.4) is 0 Å². The van der Waals surface area contributed by atoms with E-state index in [2.05, 4.69) is 40.7 Å². The van der Waals surface area contributed by atoms with Crippen molar-refractivity contribution in [2.75, 3.05) is 0 Å². The van der Waals surface area contributed by atoms with Gasteiger partial charge in [-0.1, -0.05) is 50.5 Å². The number of aliphatic hydroxyl groups is 1. The molecular weight excluding hydrogens is 320 g/mol. The molecular formula is C23H30N2O. The van der Waals surface area contributed by atoms with Crippen LogP contribution < -0.4 is 0 Å². The van der Waals surface area contributed by atoms with Crippen molar-refractivity contribution in [3.05, 3.63) is 42.4 Å². The second kappa shape index (κ2) is 6.23. The first-order valence-corrected chi connectivity index (χ1v) is 10.5. The van der Waals surface area contributed by atoms with E-state index in [0.29, 0.717) is 0 Å². The van der Waals surface area contributed by atoms with Gasteiger partial charge in [-0.25, -0.2) is 4.98 Å². The maximum Gasteiger partial charge on any atom is 0.0956 e. The van der Waals surface area contributed by atoms with Crippen LogP contribution in [0.25, 0.3) is 11.3 Å². The molecule has 26 heavy (non-hydrogen) atoms. The summed E-state index contributed by atoms with van der Waals surface area (Å²) in [6.07, 6.45) is 13.6. The summed E-state index contributed by atoms with van der Waals surface area (Å²) >= 11 is 0. The van der Waals surface area contributed by atoms with Gasteiger partial charge in [0.1, 0.15) is 0 Å². The zero-order valence-electron chi connectivity index (χ0n) is 15.8. The first-order valence-electron chi connectivity index (χ1n) is 10.5. The van der Waals surface area contributed by atoms with E-state index in [1.54, 1.807) is 0 Å². The van der Waals surface area contributed by atoms with Crippen molar-refractivity contribution in [1.82, 2.24) is 9.55 Å². The number of hydrogen-bond acceptors (Lipinski definition) is 2. The van der Waals surface area contributed by atoms with E-state index in [9.17, 15) is 5.11 Å². The van der Waals surface area contributed by atoms with Crippen LogP contribution in [0, 0.1) is 17.3 Å². The van der Waals surface area contributed by atoms with E-state index >= 15 is 0 Å². The van der Waals surface area contributed by atoms with Gasteiger partial charge in [0.15, 0.2) is 0 Å². The van der Waals surface area contributed by atoms with Crippen LogP contribution in [0.5, 0.6) is 0 Å². The predicted molar refractivity (Wildman–Crippen MR) is 104 cm³/mol. The largest absolute Gasteiger partial charge is 0.392 e. The fraction of sp³-hybridized carbons (Fsp3) is 0.609. The smallest absolute Gasteiger partial charge is 0.0956 e. The maximum atomic E-state index is 11.5. The van der Waals surface area contributed by atoms with Gasteiger partial charge in [-0.05, 0) is 54.9 Å². The molecule has 2 aromatic rings. The van der Waals surface area contributed by atoms with Crippen molar-refractivity contribution in [3.8, 4) is 11.3 Å². The standard InChI is InChI=1S/C23H30N2O/c1-2-23(12-16-6-5-7-17(10-16)13-23)22(26)11-20-18-8-3-4-9-19(18)21-14-24-15-25(20)21/h3-4,8-9,14-17,20,22,26H,2,5-7,10-13H2,1H3/t16?,17?,20-,22-,23?/m0/s1. The highest BCUT2D eigenvalue weighted by atomic mass is 16.3. The zero-order chi connectivity index (χ0) is 17.7. The molecule has 2 saturated carbocycles. The summed E-state index contributed by atoms with van der Waals surface area (Å²) in [5.74, 6) is 1.69. The van der Waals surface area contributed by atoms with Crippen LogP contribution in [0.15, 0.2) is 36.8 Å². The summed E-state index contributed by atoms with van der Waals surface area (Å²) < 4.78 is 2.28. The molecule has 138 valence electrons. The third-order valence-electron chi connectivity index (χ3n) is 7.74. The first-order chi connectivity index (χ1) is 12.7. The summed E-state index contributed by atoms with van der Waals surface area (Å²) in [5.41, 5.74) is 3.95. The fourth-order valence-electron chi connectivity index (χ4n) is 6.44. The molecule has 3 aliphatic rings. The minimum absolute atomic E-state index is 0.117. The van der Waals surface area contributed by atoms with Gasteiger partial charge in [0.25, 0.3) is 0 Å². The molecule has 3 heteroatoms. The highest BCUT2D eigenvalue weighted by Gasteiger charge is 2.46. The molecule has 2 heterocycles. The van der Waals surface area contributed by atoms with Crippen molar-refractivity contribution in [2.45, 2.75) is 70.4 Å². The number of aliphatic hydroxyl groups excluding tert-OH is 1. The minimum Gasteiger partial charge on any atom is -0.392 e. The Labute approximate surface area is 156 Å². The molecule has 0 radical (unpaired) electrons. The highest BCUT2D eigenvalue weighted by Crippen LogP contribution is 2.54. The van der Waals surface area contributed by atoms with E-state index in [1.807, 2.05) is 12.5 Å². The van der Waals surface area contributed by atoms with Gasteiger partial charge >= 0.3 is 0 Å². The molecule has 1 N–H and O–H groups in total. The molecule has 0 spiro atoms. The number of hydrogen-bond donors (Lipinski definition) is 1. The number of nitrogens with zero attached hydrogens (tertiary/aromatic N) is 2. The van der Waals surface area contributed by atoms with E-state index in [-0.39, 0.29) is 17.6 Å². The molecule has 1 aromatic heterocycles. The van der Waals surface area contributed by atoms with E-state index in [1.165, 1.54) is 55.3 Å². The molecule has 0 saturated heterocycles. The zero-order valence-corrected chi connectivity index (χ0v) is 15.8. The van der Waals surface area contributed by atoms with Gasteiger partial charge in [0.2, 0.25) is 0 Å². The van der Waals surface area contributed by atoms with Gasteiger partial charge in [-0.2, -0.15) is 0 Å². The van der Waals surface area contributed by atoms with Crippen LogP contribution in [0.4, 0.5) is 0 Å². The number of imidazole rings is 1. The topological polar surface area (TPSA) is 38.1 Å². The lowest BCUT2D eigenvalue weighted by atomic mass is 9.57. The Bertz CT molecular complexity index is 783. The molecule has 1 aliphatic heterocycles. The Morgan fingerprint density at radius 1 is 1.23 bits per heavy atom. The van der Waals surface area contributed by atoms with Crippen LogP contribution in [-0.4, -0.2) is 20.8 Å². The molecule has 2 aliphatic carbocycles. The summed E-state index contributed by atoms with van der Waals surface area (Å²) in [7, 11) is 0. The normalized spacial score (nSPS) is 33.5. The van der Waals surface area contributed by atoms with Crippen molar-refractivity contribution < 1.29 is 5.11 Å². The second-order valence-electron chi connectivity index (χ2n) is 9.06. The fourth-order valence-corrected chi connectivity index (χ4v) is 6.44. The van der Waals surface area contributed by atoms with E-state index < -0.39 is 0 Å². The SMILES string of the molecule is CCC1([C@@H](O)C[C@H]2c3ccccc3-c3cncn32)CC2CCCC(C2)C1. The lowest BCUT2D eigenvalue weighted by Crippen LogP contribution is -2.44. The average molecular weight is 351 g/mol. The average Bonchev–Trinajstić information content (AvgIpc) is 3.24. The molecule has 5 rings (SSSR count). The van der Waals surface area contributed by atoms with Crippen LogP contribution >= 0.6 is 0 Å². The summed E-state index contributed by atoms with van der Waals surface area (Å²) in [5, 5.41) is 11.5. The Morgan fingerprint density at radius 2 is 2.00 bits per heavy atom. The lowest BCUT2D eigenvalue weighted by Gasteiger charge is -2.50. The molecule has 2 fully saturated rings. The monoisotopic (exact) mass is 350 g/mol. The number of benzene rings is 1. The maximum absolute atomic E-state index is 11.5. The third-order valence-corrected chi connectivity index (χ3v) is 7.74. The van der Waals surface area contributed by atoms with Crippen molar-refractivity contribution in [1.29, 1.82) is 0 Å². The quantitative estimate of drug-likeness (QED) is 0.823. The van der Waals surface area contributed by atoms with Gasteiger partial charge < -0.3 is 9.67 Å². The lowest BCUT2D eigenvalue weighted by molar-refractivity contribution is -0.0604. The van der Waals surface area contributed by atoms with Crippen LogP contribution in [0.2, 0.25) is 0 Å². The van der Waals surface area contributed by atoms with Crippen molar-refractivity contribution in [2.24, 2.45) is 17.3 Å². The molecule has 2 unspecified atom stereocenters. The summed E-state index contributed by atoms with van der Waals surface area (Å²) in [4.78, 5) is 4.38. The summed E-state index contributed by atoms with van der Waals surface area (Å²) in [6.45, 7) is 2.30. The van der Waals surface area contributed by atoms with Crippen LogP contribution in [0.1, 0.15) is 69.9 Å². The van der Waals surface area contributed by atoms with E-state index in [0.717, 1.165) is 24.7 Å². The Morgan fingerprint density at radius 3 is 2.77 bits per heavy atom. The Hall–Kier alpha value is -1.61. The molecule has 4 atom stereocenters. The second-order valence-corrected chi connectivity index (χ2v) is 9.06. The molecule has 2 bridgehead atoms. The Kier molecular flexibility index (Phi) is 3.97. The molecule has 1 aromatic carbocycles. The third kappa shape index (κ3) is 2.47. The van der Waals surface area contributed by atoms with E-state index in [4.69, 9.17) is 0 Å². The predicted octanol–water partition coefficient (Wildman–Crippen LogP) is 5.20. The van der Waals surface area contributed by atoms with Crippen LogP contribution in [-0.2, 0) is 0 Å². The Balaban J connectivity index is 1.44. The van der Waals surface area contributed by atoms with Gasteiger partial charge in [0.05, 0.1) is 30.4 Å². The van der Waals surface area contributed by atoms with Gasteiger partial charge in [0, 0.05) is 5.56 Å². The first kappa shape index (κ1) is 16.6. The van der Waals surface area contributed by atoms with Gasteiger partial charge in [-0.3, -0.25) is 0 Å². The summed E-state index contributed by atoms with van der Waals surface area (Å²) in [6, 6.07) is 8.87. The number of fused-ring (bicyclic) bond motifs is 5. The molecule has 3 nitrogen and oxygen atoms in total. The highest BCUT2D eigenvalue weighted by molar-refractivity contribution is 5.68. The van der Waals surface area contributed by atoms with Crippen molar-refractivity contribution in [3.63, 3.8) is 0 Å². The van der Waals surface area contributed by atoms with Crippen molar-refractivity contribution >= 4 is 0 Å².